The van der Waals surface area contributed by atoms with Gasteiger partial charge < -0.3 is 20.4 Å². The van der Waals surface area contributed by atoms with Crippen LogP contribution in [0.4, 0.5) is 43.8 Å². The van der Waals surface area contributed by atoms with Crippen molar-refractivity contribution in [2.45, 2.75) is 31.7 Å². The van der Waals surface area contributed by atoms with Gasteiger partial charge in [-0.25, -0.2) is 14.2 Å². The number of likely N-dealkylation sites (N-methyl/N-ethyl adjacent to an activating group) is 1. The molecule has 4 aromatic rings. The van der Waals surface area contributed by atoms with Crippen molar-refractivity contribution in [3.05, 3.63) is 52.9 Å². The molecule has 0 radical (unpaired) electrons. The van der Waals surface area contributed by atoms with Crippen molar-refractivity contribution in [3.8, 4) is 0 Å². The highest BCUT2D eigenvalue weighted by atomic mass is 35.5. The first-order valence-electron chi connectivity index (χ1n) is 14.6. The van der Waals surface area contributed by atoms with Gasteiger partial charge in [0.2, 0.25) is 17.8 Å². The van der Waals surface area contributed by atoms with Crippen molar-refractivity contribution in [1.29, 1.82) is 0 Å². The second-order valence-corrected chi connectivity index (χ2v) is 11.8. The molecule has 4 amide bonds. The maximum Gasteiger partial charge on any atom is 0.329 e. The number of amides is 4. The van der Waals surface area contributed by atoms with Gasteiger partial charge in [0.25, 0.3) is 0 Å². The summed E-state index contributed by atoms with van der Waals surface area (Å²) in [5.74, 6) is 0.362. The summed E-state index contributed by atoms with van der Waals surface area (Å²) in [5.41, 5.74) is 2.90. The average molecular weight is 633 g/mol. The topological polar surface area (TPSA) is 141 Å². The smallest absolute Gasteiger partial charge is 0.329 e. The third-order valence-electron chi connectivity index (χ3n) is 8.56. The molecule has 2 aromatic carbocycles. The van der Waals surface area contributed by atoms with Crippen LogP contribution in [-0.4, -0.2) is 70.3 Å². The fourth-order valence-electron chi connectivity index (χ4n) is 6.07. The zero-order chi connectivity index (χ0) is 31.4. The van der Waals surface area contributed by atoms with E-state index in [1.807, 2.05) is 25.2 Å². The molecule has 15 heteroatoms. The largest absolute Gasteiger partial charge is 0.382 e. The van der Waals surface area contributed by atoms with Gasteiger partial charge in [0.1, 0.15) is 5.02 Å². The second kappa shape index (κ2) is 11.2. The Morgan fingerprint density at radius 1 is 1.07 bits per heavy atom. The van der Waals surface area contributed by atoms with Crippen LogP contribution in [0, 0.1) is 5.82 Å². The predicted octanol–water partition coefficient (Wildman–Crippen LogP) is 3.95. The molecule has 3 aliphatic heterocycles. The number of anilines is 6. The Hall–Kier alpha value is -4.98. The van der Waals surface area contributed by atoms with E-state index in [4.69, 9.17) is 11.6 Å². The maximum atomic E-state index is 15.3. The Kier molecular flexibility index (Phi) is 7.15. The van der Waals surface area contributed by atoms with Crippen molar-refractivity contribution in [2.75, 3.05) is 52.0 Å². The van der Waals surface area contributed by atoms with Gasteiger partial charge in [-0.05, 0) is 43.2 Å². The van der Waals surface area contributed by atoms with E-state index in [0.29, 0.717) is 36.1 Å². The lowest BCUT2D eigenvalue weighted by atomic mass is 10.0. The number of piperidine rings is 1. The highest BCUT2D eigenvalue weighted by Gasteiger charge is 2.30. The first-order chi connectivity index (χ1) is 21.7. The van der Waals surface area contributed by atoms with E-state index in [9.17, 15) is 14.4 Å². The molecule has 13 nitrogen and oxygen atoms in total. The lowest BCUT2D eigenvalue weighted by Gasteiger charge is -2.33. The molecule has 0 unspecified atom stereocenters. The number of imide groups is 1. The van der Waals surface area contributed by atoms with Crippen LogP contribution < -0.4 is 30.7 Å². The second-order valence-electron chi connectivity index (χ2n) is 11.4. The fourth-order valence-corrected chi connectivity index (χ4v) is 6.21. The Balaban J connectivity index is 1.01. The minimum absolute atomic E-state index is 0.0103. The molecule has 2 saturated heterocycles. The Morgan fingerprint density at radius 2 is 1.87 bits per heavy atom. The van der Waals surface area contributed by atoms with E-state index in [0.717, 1.165) is 29.4 Å². The van der Waals surface area contributed by atoms with Gasteiger partial charge in [-0.3, -0.25) is 24.5 Å². The third-order valence-corrected chi connectivity index (χ3v) is 8.83. The van der Waals surface area contributed by atoms with Gasteiger partial charge in [-0.1, -0.05) is 11.6 Å². The Bertz CT molecular complexity index is 1870. The molecule has 2 fully saturated rings. The Morgan fingerprint density at radius 3 is 2.64 bits per heavy atom. The highest BCUT2D eigenvalue weighted by molar-refractivity contribution is 6.33. The summed E-state index contributed by atoms with van der Waals surface area (Å²) < 4.78 is 17.0. The van der Waals surface area contributed by atoms with Crippen LogP contribution in [-0.2, 0) is 23.1 Å². The van der Waals surface area contributed by atoms with Crippen LogP contribution in [0.1, 0.15) is 24.8 Å². The number of hydrogen-bond acceptors (Lipinski definition) is 9. The zero-order valence-corrected chi connectivity index (χ0v) is 25.4. The van der Waals surface area contributed by atoms with Gasteiger partial charge in [-0.2, -0.15) is 10.1 Å². The van der Waals surface area contributed by atoms with E-state index in [-0.39, 0.29) is 53.8 Å². The minimum atomic E-state index is -0.498. The third kappa shape index (κ3) is 5.24. The summed E-state index contributed by atoms with van der Waals surface area (Å²) >= 11 is 6.38. The maximum absolute atomic E-state index is 15.3. The lowest BCUT2D eigenvalue weighted by molar-refractivity contribution is -0.120. The molecular formula is C30H30ClFN10O3. The molecule has 3 aliphatic rings. The van der Waals surface area contributed by atoms with E-state index in [1.54, 1.807) is 23.9 Å². The predicted molar refractivity (Wildman–Crippen MR) is 169 cm³/mol. The fraction of sp³-hybridized carbons (Fsp3) is 0.333. The SMILES string of the molecule is CN1C(=O)Cc2c1ccc(Nc1nc(N3CCC(Nc4ccc5c(N6CCC(=O)NC6=O)nn(C)c5c4)CC3)ncc1Cl)c2F. The first kappa shape index (κ1) is 28.8. The molecule has 0 bridgehead atoms. The quantitative estimate of drug-likeness (QED) is 0.288. The number of nitrogens with one attached hydrogen (secondary N) is 3. The molecule has 2 aromatic heterocycles. The summed E-state index contributed by atoms with van der Waals surface area (Å²) in [6.07, 6.45) is 3.40. The first-order valence-corrected chi connectivity index (χ1v) is 15.0. The van der Waals surface area contributed by atoms with Crippen molar-refractivity contribution in [1.82, 2.24) is 25.1 Å². The summed E-state index contributed by atoms with van der Waals surface area (Å²) in [7, 11) is 3.46. The molecule has 7 rings (SSSR count). The van der Waals surface area contributed by atoms with Crippen molar-refractivity contribution < 1.29 is 18.8 Å². The van der Waals surface area contributed by atoms with Gasteiger partial charge in [0.15, 0.2) is 17.5 Å². The molecule has 5 heterocycles. The number of carbonyl (C=O) groups is 3. The van der Waals surface area contributed by atoms with Gasteiger partial charge in [0, 0.05) is 62.8 Å². The van der Waals surface area contributed by atoms with E-state index >= 15 is 4.39 Å². The normalized spacial score (nSPS) is 17.2. The number of aryl methyl sites for hydroxylation is 1. The van der Waals surface area contributed by atoms with Gasteiger partial charge in [-0.15, -0.1) is 0 Å². The molecule has 0 atom stereocenters. The number of halogens is 2. The lowest BCUT2D eigenvalue weighted by Crippen LogP contribution is -2.49. The van der Waals surface area contributed by atoms with Crippen LogP contribution in [0.15, 0.2) is 36.5 Å². The molecule has 3 N–H and O–H groups in total. The van der Waals surface area contributed by atoms with Crippen molar-refractivity contribution in [2.24, 2.45) is 7.05 Å². The number of hydrogen-bond donors (Lipinski definition) is 3. The zero-order valence-electron chi connectivity index (χ0n) is 24.6. The monoisotopic (exact) mass is 632 g/mol. The van der Waals surface area contributed by atoms with E-state index < -0.39 is 11.8 Å². The molecule has 0 aliphatic carbocycles. The summed E-state index contributed by atoms with van der Waals surface area (Å²) in [6, 6.07) is 8.95. The molecule has 0 saturated carbocycles. The molecule has 0 spiro atoms. The number of urea groups is 1. The molecule has 45 heavy (non-hydrogen) atoms. The van der Waals surface area contributed by atoms with Crippen LogP contribution in [0.3, 0.4) is 0 Å². The average Bonchev–Trinajstić information content (AvgIpc) is 3.51. The molecular weight excluding hydrogens is 603 g/mol. The van der Waals surface area contributed by atoms with Crippen LogP contribution in [0.2, 0.25) is 5.02 Å². The summed E-state index contributed by atoms with van der Waals surface area (Å²) in [4.78, 5) is 50.1. The highest BCUT2D eigenvalue weighted by Crippen LogP contribution is 2.36. The Labute approximate surface area is 262 Å². The molecule has 232 valence electrons. The summed E-state index contributed by atoms with van der Waals surface area (Å²) in [5, 5.41) is 14.6. The number of carbonyl (C=O) groups excluding carboxylic acids is 3. The van der Waals surface area contributed by atoms with Gasteiger partial charge in [0.05, 0.1) is 29.5 Å². The standard InChI is InChI=1S/C30H30ClFN10O3/c1-39-22-6-5-21(26(32)19(22)14-25(39)44)35-27-20(31)15-33-29(37-27)41-10-7-16(8-11-41)34-17-3-4-18-23(13-17)40(2)38-28(18)42-12-9-24(43)36-30(42)45/h3-6,13,15-16,34H,7-12,14H2,1-2H3,(H,33,35,37)(H,36,43,45). The van der Waals surface area contributed by atoms with Crippen LogP contribution in [0.25, 0.3) is 10.9 Å². The minimum Gasteiger partial charge on any atom is -0.382 e. The van der Waals surface area contributed by atoms with E-state index in [2.05, 4.69) is 35.9 Å². The number of aromatic nitrogens is 4. The van der Waals surface area contributed by atoms with Crippen LogP contribution in [0.5, 0.6) is 0 Å². The van der Waals surface area contributed by atoms with Crippen LogP contribution >= 0.6 is 11.6 Å². The number of benzene rings is 2. The van der Waals surface area contributed by atoms with Crippen molar-refractivity contribution >= 4 is 75.0 Å². The van der Waals surface area contributed by atoms with E-state index in [1.165, 1.54) is 16.0 Å². The number of nitrogens with zero attached hydrogens (tertiary/aromatic N) is 7. The number of rotatable bonds is 6. The number of fused-ring (bicyclic) bond motifs is 2. The summed E-state index contributed by atoms with van der Waals surface area (Å²) in [6.45, 7) is 1.68. The van der Waals surface area contributed by atoms with Crippen molar-refractivity contribution in [3.63, 3.8) is 0 Å². The van der Waals surface area contributed by atoms with Gasteiger partial charge >= 0.3 is 6.03 Å².